The summed E-state index contributed by atoms with van der Waals surface area (Å²) in [5.41, 5.74) is 1.14. The normalized spacial score (nSPS) is 10.4. The largest absolute Gasteiger partial charge is 0.480 e. The molecule has 2 aromatic rings. The summed E-state index contributed by atoms with van der Waals surface area (Å²) in [5, 5.41) is 13.0. The molecule has 7 nitrogen and oxygen atoms in total. The number of methoxy groups -OCH3 is 1. The highest BCUT2D eigenvalue weighted by Gasteiger charge is 2.18. The van der Waals surface area contributed by atoms with Crippen LogP contribution in [-0.2, 0) is 9.53 Å². The van der Waals surface area contributed by atoms with Gasteiger partial charge < -0.3 is 14.7 Å². The summed E-state index contributed by atoms with van der Waals surface area (Å²) >= 11 is 0. The molecular formula is C15H17N3O4. The molecule has 1 N–H and O–H groups in total. The van der Waals surface area contributed by atoms with Gasteiger partial charge in [-0.1, -0.05) is 6.07 Å². The molecule has 0 unspecified atom stereocenters. The Morgan fingerprint density at radius 2 is 2.18 bits per heavy atom. The van der Waals surface area contributed by atoms with Crippen molar-refractivity contribution < 1.29 is 19.4 Å². The number of nitrogens with zero attached hydrogens (tertiary/aromatic N) is 3. The van der Waals surface area contributed by atoms with E-state index in [2.05, 4.69) is 5.10 Å². The van der Waals surface area contributed by atoms with Crippen molar-refractivity contribution in [2.24, 2.45) is 0 Å². The topological polar surface area (TPSA) is 84.7 Å². The maximum atomic E-state index is 12.5. The first-order valence-electron chi connectivity index (χ1n) is 6.72. The standard InChI is InChI=1S/C15H17N3O4/c1-22-9-8-17(11-14(19)20)15(21)12-4-2-5-13(10-12)18-7-3-6-16-18/h2-7,10H,8-9,11H2,1H3,(H,19,20). The van der Waals surface area contributed by atoms with E-state index in [0.29, 0.717) is 5.56 Å². The van der Waals surface area contributed by atoms with E-state index in [9.17, 15) is 9.59 Å². The van der Waals surface area contributed by atoms with Gasteiger partial charge in [-0.15, -0.1) is 0 Å². The number of ether oxygens (including phenoxy) is 1. The van der Waals surface area contributed by atoms with Gasteiger partial charge in [0, 0.05) is 31.6 Å². The minimum Gasteiger partial charge on any atom is -0.480 e. The van der Waals surface area contributed by atoms with Crippen molar-refractivity contribution in [2.75, 3.05) is 26.8 Å². The first kappa shape index (κ1) is 15.7. The second-order valence-electron chi connectivity index (χ2n) is 4.61. The molecule has 0 aliphatic carbocycles. The van der Waals surface area contributed by atoms with Gasteiger partial charge in [-0.2, -0.15) is 5.10 Å². The van der Waals surface area contributed by atoms with Crippen molar-refractivity contribution in [3.63, 3.8) is 0 Å². The van der Waals surface area contributed by atoms with Crippen LogP contribution in [0.2, 0.25) is 0 Å². The molecule has 1 aromatic heterocycles. The Morgan fingerprint density at radius 3 is 2.82 bits per heavy atom. The molecule has 22 heavy (non-hydrogen) atoms. The maximum Gasteiger partial charge on any atom is 0.323 e. The molecule has 116 valence electrons. The zero-order valence-electron chi connectivity index (χ0n) is 12.2. The van der Waals surface area contributed by atoms with Gasteiger partial charge in [0.15, 0.2) is 0 Å². The minimum absolute atomic E-state index is 0.216. The van der Waals surface area contributed by atoms with E-state index in [4.69, 9.17) is 9.84 Å². The summed E-state index contributed by atoms with van der Waals surface area (Å²) in [6.45, 7) is 0.125. The van der Waals surface area contributed by atoms with Crippen molar-refractivity contribution in [3.05, 3.63) is 48.3 Å². The number of carboxylic acids is 1. The fourth-order valence-electron chi connectivity index (χ4n) is 2.00. The summed E-state index contributed by atoms with van der Waals surface area (Å²) in [5.74, 6) is -1.42. The monoisotopic (exact) mass is 303 g/mol. The molecule has 0 spiro atoms. The van der Waals surface area contributed by atoms with E-state index in [1.54, 1.807) is 41.3 Å². The molecule has 0 bridgehead atoms. The van der Waals surface area contributed by atoms with Gasteiger partial charge in [0.25, 0.3) is 5.91 Å². The Kier molecular flexibility index (Phi) is 5.26. The van der Waals surface area contributed by atoms with Crippen molar-refractivity contribution >= 4 is 11.9 Å². The van der Waals surface area contributed by atoms with Gasteiger partial charge in [0.05, 0.1) is 12.3 Å². The molecule has 0 aliphatic heterocycles. The quantitative estimate of drug-likeness (QED) is 0.826. The third kappa shape index (κ3) is 3.92. The van der Waals surface area contributed by atoms with Crippen molar-refractivity contribution in [3.8, 4) is 5.69 Å². The van der Waals surface area contributed by atoms with Crippen LogP contribution in [0.15, 0.2) is 42.7 Å². The number of aromatic nitrogens is 2. The molecule has 1 amide bonds. The van der Waals surface area contributed by atoms with Crippen LogP contribution in [0.1, 0.15) is 10.4 Å². The lowest BCUT2D eigenvalue weighted by Gasteiger charge is -2.20. The lowest BCUT2D eigenvalue weighted by molar-refractivity contribution is -0.137. The molecule has 0 fully saturated rings. The number of hydrogen-bond acceptors (Lipinski definition) is 4. The van der Waals surface area contributed by atoms with E-state index >= 15 is 0 Å². The number of carbonyl (C=O) groups is 2. The smallest absolute Gasteiger partial charge is 0.323 e. The summed E-state index contributed by atoms with van der Waals surface area (Å²) in [6, 6.07) is 8.66. The summed E-state index contributed by atoms with van der Waals surface area (Å²) in [6.07, 6.45) is 3.41. The van der Waals surface area contributed by atoms with Crippen LogP contribution < -0.4 is 0 Å². The van der Waals surface area contributed by atoms with Gasteiger partial charge in [-0.25, -0.2) is 4.68 Å². The van der Waals surface area contributed by atoms with Crippen LogP contribution >= 0.6 is 0 Å². The van der Waals surface area contributed by atoms with Crippen LogP contribution in [0.25, 0.3) is 5.69 Å². The molecule has 0 radical (unpaired) electrons. The lowest BCUT2D eigenvalue weighted by atomic mass is 10.1. The van der Waals surface area contributed by atoms with Gasteiger partial charge in [0.2, 0.25) is 0 Å². The Hall–Kier alpha value is -2.67. The summed E-state index contributed by atoms with van der Waals surface area (Å²) in [7, 11) is 1.50. The predicted octanol–water partition coefficient (Wildman–Crippen LogP) is 1.05. The van der Waals surface area contributed by atoms with Crippen molar-refractivity contribution in [1.82, 2.24) is 14.7 Å². The van der Waals surface area contributed by atoms with E-state index in [1.807, 2.05) is 6.07 Å². The second kappa shape index (κ2) is 7.37. The first-order valence-corrected chi connectivity index (χ1v) is 6.72. The summed E-state index contributed by atoms with van der Waals surface area (Å²) < 4.78 is 6.55. The highest BCUT2D eigenvalue weighted by Crippen LogP contribution is 2.12. The molecule has 2 rings (SSSR count). The van der Waals surface area contributed by atoms with Gasteiger partial charge in [-0.3, -0.25) is 9.59 Å². The average Bonchev–Trinajstić information content (AvgIpc) is 3.05. The van der Waals surface area contributed by atoms with Crippen LogP contribution in [-0.4, -0.2) is 58.5 Å². The molecule has 7 heteroatoms. The average molecular weight is 303 g/mol. The molecule has 0 aliphatic rings. The molecule has 1 heterocycles. The second-order valence-corrected chi connectivity index (χ2v) is 4.61. The first-order chi connectivity index (χ1) is 10.6. The van der Waals surface area contributed by atoms with Crippen LogP contribution in [0, 0.1) is 0 Å². The fraction of sp³-hybridized carbons (Fsp3) is 0.267. The van der Waals surface area contributed by atoms with Crippen molar-refractivity contribution in [2.45, 2.75) is 0 Å². The van der Waals surface area contributed by atoms with Crippen LogP contribution in [0.3, 0.4) is 0 Å². The zero-order valence-corrected chi connectivity index (χ0v) is 12.2. The van der Waals surface area contributed by atoms with E-state index in [-0.39, 0.29) is 25.6 Å². The molecule has 0 saturated heterocycles. The number of carboxylic acid groups (broad SMARTS) is 1. The third-order valence-electron chi connectivity index (χ3n) is 3.04. The highest BCUT2D eigenvalue weighted by molar-refractivity contribution is 5.96. The SMILES string of the molecule is COCCN(CC(=O)O)C(=O)c1cccc(-n2cccn2)c1. The number of benzene rings is 1. The highest BCUT2D eigenvalue weighted by atomic mass is 16.5. The molecule has 0 atom stereocenters. The molecule has 0 saturated carbocycles. The Labute approximate surface area is 127 Å². The molecule has 1 aromatic carbocycles. The fourth-order valence-corrected chi connectivity index (χ4v) is 2.00. The summed E-state index contributed by atoms with van der Waals surface area (Å²) in [4.78, 5) is 24.6. The number of carbonyl (C=O) groups excluding carboxylic acids is 1. The van der Waals surface area contributed by atoms with Gasteiger partial charge in [0.1, 0.15) is 6.54 Å². The minimum atomic E-state index is -1.06. The van der Waals surface area contributed by atoms with Crippen LogP contribution in [0.5, 0.6) is 0 Å². The Morgan fingerprint density at radius 1 is 1.36 bits per heavy atom. The van der Waals surface area contributed by atoms with Crippen molar-refractivity contribution in [1.29, 1.82) is 0 Å². The maximum absolute atomic E-state index is 12.5. The zero-order chi connectivity index (χ0) is 15.9. The van der Waals surface area contributed by atoms with E-state index in [1.165, 1.54) is 12.0 Å². The van der Waals surface area contributed by atoms with E-state index < -0.39 is 5.97 Å². The van der Waals surface area contributed by atoms with Gasteiger partial charge >= 0.3 is 5.97 Å². The van der Waals surface area contributed by atoms with E-state index in [0.717, 1.165) is 5.69 Å². The number of aliphatic carboxylic acids is 1. The molecular weight excluding hydrogens is 286 g/mol. The predicted molar refractivity (Wildman–Crippen MR) is 79.0 cm³/mol. The number of rotatable bonds is 7. The van der Waals surface area contributed by atoms with Crippen LogP contribution in [0.4, 0.5) is 0 Å². The number of amides is 1. The lowest BCUT2D eigenvalue weighted by Crippen LogP contribution is -2.38. The number of hydrogen-bond donors (Lipinski definition) is 1. The Bertz CT molecular complexity index is 640. The third-order valence-corrected chi connectivity index (χ3v) is 3.04. The Balaban J connectivity index is 2.22. The van der Waals surface area contributed by atoms with Gasteiger partial charge in [-0.05, 0) is 24.3 Å².